The molecule has 2 unspecified atom stereocenters. The Bertz CT molecular complexity index is 461. The van der Waals surface area contributed by atoms with Gasteiger partial charge in [0.1, 0.15) is 6.04 Å². The van der Waals surface area contributed by atoms with Crippen LogP contribution in [0, 0.1) is 0 Å². The van der Waals surface area contributed by atoms with E-state index < -0.39 is 11.6 Å². The van der Waals surface area contributed by atoms with Crippen LogP contribution < -0.4 is 5.73 Å². The van der Waals surface area contributed by atoms with Crippen LogP contribution in [0.25, 0.3) is 0 Å². The number of carbonyl (C=O) groups is 1. The predicted molar refractivity (Wildman–Crippen MR) is 76.0 cm³/mol. The van der Waals surface area contributed by atoms with Gasteiger partial charge in [-0.3, -0.25) is 4.79 Å². The molecule has 0 spiro atoms. The first-order valence-electron chi connectivity index (χ1n) is 6.81. The van der Waals surface area contributed by atoms with Crippen molar-refractivity contribution in [1.29, 1.82) is 0 Å². The second-order valence-corrected chi connectivity index (χ2v) is 5.79. The molecule has 2 rings (SSSR count). The molecule has 0 radical (unpaired) electrons. The normalized spacial score (nSPS) is 23.4. The second-order valence-electron chi connectivity index (χ2n) is 5.79. The summed E-state index contributed by atoms with van der Waals surface area (Å²) in [7, 11) is 0. The van der Waals surface area contributed by atoms with E-state index in [2.05, 4.69) is 0 Å². The van der Waals surface area contributed by atoms with Gasteiger partial charge in [-0.25, -0.2) is 0 Å². The van der Waals surface area contributed by atoms with Gasteiger partial charge in [-0.15, -0.1) is 0 Å². The molecule has 0 bridgehead atoms. The number of nitrogens with zero attached hydrogens (tertiary/aromatic N) is 1. The molecule has 3 N–H and O–H groups in total. The lowest BCUT2D eigenvalue weighted by atomic mass is 10.0. The molecule has 5 nitrogen and oxygen atoms in total. The maximum Gasteiger partial charge on any atom is 0.244 e. The van der Waals surface area contributed by atoms with Crippen LogP contribution in [0.3, 0.4) is 0 Å². The summed E-state index contributed by atoms with van der Waals surface area (Å²) in [6.07, 6.45) is -0.356. The number of aliphatic hydroxyl groups is 1. The highest BCUT2D eigenvalue weighted by molar-refractivity contribution is 5.83. The van der Waals surface area contributed by atoms with E-state index in [0.29, 0.717) is 13.1 Å². The van der Waals surface area contributed by atoms with Gasteiger partial charge in [-0.05, 0) is 19.4 Å². The van der Waals surface area contributed by atoms with Crippen molar-refractivity contribution < 1.29 is 14.6 Å². The number of aliphatic hydroxyl groups excluding tert-OH is 1. The standard InChI is InChI=1S/C15H22N2O3/c1-15(2)10-17(8-12(9-18)20-15)14(19)13(16)11-6-4-3-5-7-11/h3-7,12-13,18H,8-10,16H2,1-2H3. The third-order valence-electron chi connectivity index (χ3n) is 3.42. The lowest BCUT2D eigenvalue weighted by Gasteiger charge is -2.43. The maximum atomic E-state index is 12.5. The van der Waals surface area contributed by atoms with Gasteiger partial charge in [0.05, 0.1) is 18.3 Å². The van der Waals surface area contributed by atoms with Crippen molar-refractivity contribution in [2.24, 2.45) is 5.73 Å². The lowest BCUT2D eigenvalue weighted by molar-refractivity contribution is -0.167. The number of carbonyl (C=O) groups excluding carboxylic acids is 1. The molecule has 1 aliphatic rings. The van der Waals surface area contributed by atoms with Crippen LogP contribution in [0.5, 0.6) is 0 Å². The second kappa shape index (κ2) is 5.91. The average Bonchev–Trinajstić information content (AvgIpc) is 2.44. The van der Waals surface area contributed by atoms with Crippen molar-refractivity contribution in [3.63, 3.8) is 0 Å². The summed E-state index contributed by atoms with van der Waals surface area (Å²) >= 11 is 0. The summed E-state index contributed by atoms with van der Waals surface area (Å²) in [6.45, 7) is 4.56. The Hall–Kier alpha value is -1.43. The molecule has 1 amide bonds. The number of ether oxygens (including phenoxy) is 1. The minimum Gasteiger partial charge on any atom is -0.394 e. The van der Waals surface area contributed by atoms with Gasteiger partial charge in [-0.2, -0.15) is 0 Å². The van der Waals surface area contributed by atoms with E-state index in [4.69, 9.17) is 10.5 Å². The third-order valence-corrected chi connectivity index (χ3v) is 3.42. The van der Waals surface area contributed by atoms with Gasteiger partial charge in [0, 0.05) is 13.1 Å². The van der Waals surface area contributed by atoms with Crippen molar-refractivity contribution in [2.75, 3.05) is 19.7 Å². The molecule has 1 aromatic rings. The number of hydrogen-bond donors (Lipinski definition) is 2. The van der Waals surface area contributed by atoms with E-state index in [0.717, 1.165) is 5.56 Å². The van der Waals surface area contributed by atoms with Crippen LogP contribution in [0.15, 0.2) is 30.3 Å². The fourth-order valence-electron chi connectivity index (χ4n) is 2.56. The molecule has 1 aromatic carbocycles. The summed E-state index contributed by atoms with van der Waals surface area (Å²) in [5, 5.41) is 9.28. The highest BCUT2D eigenvalue weighted by Crippen LogP contribution is 2.23. The predicted octanol–water partition coefficient (Wildman–Crippen LogP) is 0.685. The molecular weight excluding hydrogens is 256 g/mol. The zero-order chi connectivity index (χ0) is 14.8. The van der Waals surface area contributed by atoms with Crippen molar-refractivity contribution >= 4 is 5.91 Å². The first-order valence-corrected chi connectivity index (χ1v) is 6.81. The SMILES string of the molecule is CC1(C)CN(C(=O)C(N)c2ccccc2)CC(CO)O1. The number of morpholine rings is 1. The molecule has 20 heavy (non-hydrogen) atoms. The molecule has 5 heteroatoms. The van der Waals surface area contributed by atoms with Crippen LogP contribution in [0.2, 0.25) is 0 Å². The summed E-state index contributed by atoms with van der Waals surface area (Å²) in [4.78, 5) is 14.2. The lowest BCUT2D eigenvalue weighted by Crippen LogP contribution is -2.57. The van der Waals surface area contributed by atoms with Crippen LogP contribution in [0.1, 0.15) is 25.5 Å². The molecule has 0 aromatic heterocycles. The van der Waals surface area contributed by atoms with Gasteiger partial charge in [0.15, 0.2) is 0 Å². The van der Waals surface area contributed by atoms with E-state index in [-0.39, 0.29) is 18.6 Å². The molecule has 1 fully saturated rings. The fraction of sp³-hybridized carbons (Fsp3) is 0.533. The van der Waals surface area contributed by atoms with Gasteiger partial charge in [0.25, 0.3) is 0 Å². The third kappa shape index (κ3) is 3.36. The van der Waals surface area contributed by atoms with Crippen molar-refractivity contribution in [2.45, 2.75) is 31.6 Å². The largest absolute Gasteiger partial charge is 0.394 e. The minimum absolute atomic E-state index is 0.103. The number of amides is 1. The van der Waals surface area contributed by atoms with Crippen molar-refractivity contribution in [3.8, 4) is 0 Å². The van der Waals surface area contributed by atoms with Crippen LogP contribution in [-0.2, 0) is 9.53 Å². The molecule has 0 aliphatic carbocycles. The molecule has 1 saturated heterocycles. The summed E-state index contributed by atoms with van der Waals surface area (Å²) in [5.74, 6) is -0.133. The van der Waals surface area contributed by atoms with E-state index in [9.17, 15) is 9.90 Å². The average molecular weight is 278 g/mol. The summed E-state index contributed by atoms with van der Waals surface area (Å²) in [6, 6.07) is 8.63. The maximum absolute atomic E-state index is 12.5. The molecule has 1 heterocycles. The highest BCUT2D eigenvalue weighted by Gasteiger charge is 2.36. The highest BCUT2D eigenvalue weighted by atomic mass is 16.5. The number of rotatable bonds is 3. The summed E-state index contributed by atoms with van der Waals surface area (Å²) < 4.78 is 5.70. The first kappa shape index (κ1) is 15.0. The van der Waals surface area contributed by atoms with E-state index in [1.807, 2.05) is 44.2 Å². The fourth-order valence-corrected chi connectivity index (χ4v) is 2.56. The van der Waals surface area contributed by atoms with E-state index in [1.54, 1.807) is 4.90 Å². The topological polar surface area (TPSA) is 75.8 Å². The Labute approximate surface area is 119 Å². The molecule has 2 atom stereocenters. The van der Waals surface area contributed by atoms with E-state index in [1.165, 1.54) is 0 Å². The molecular formula is C15H22N2O3. The Morgan fingerprint density at radius 1 is 1.50 bits per heavy atom. The zero-order valence-electron chi connectivity index (χ0n) is 12.0. The first-order chi connectivity index (χ1) is 9.43. The van der Waals surface area contributed by atoms with Crippen molar-refractivity contribution in [1.82, 2.24) is 4.90 Å². The molecule has 0 saturated carbocycles. The molecule has 110 valence electrons. The van der Waals surface area contributed by atoms with Crippen LogP contribution in [-0.4, -0.2) is 47.3 Å². The number of nitrogens with two attached hydrogens (primary N) is 1. The minimum atomic E-state index is -0.676. The Morgan fingerprint density at radius 3 is 2.75 bits per heavy atom. The number of benzene rings is 1. The number of hydrogen-bond acceptors (Lipinski definition) is 4. The molecule has 1 aliphatic heterocycles. The monoisotopic (exact) mass is 278 g/mol. The van der Waals surface area contributed by atoms with Crippen LogP contribution >= 0.6 is 0 Å². The smallest absolute Gasteiger partial charge is 0.244 e. The summed E-state index contributed by atoms with van der Waals surface area (Å²) in [5.41, 5.74) is 6.37. The quantitative estimate of drug-likeness (QED) is 0.852. The van der Waals surface area contributed by atoms with Crippen molar-refractivity contribution in [3.05, 3.63) is 35.9 Å². The van der Waals surface area contributed by atoms with Crippen LogP contribution in [0.4, 0.5) is 0 Å². The van der Waals surface area contributed by atoms with Gasteiger partial charge in [-0.1, -0.05) is 30.3 Å². The Morgan fingerprint density at radius 2 is 2.15 bits per heavy atom. The zero-order valence-corrected chi connectivity index (χ0v) is 12.0. The van der Waals surface area contributed by atoms with Gasteiger partial charge >= 0.3 is 0 Å². The van der Waals surface area contributed by atoms with Gasteiger partial charge < -0.3 is 20.5 Å². The Kier molecular flexibility index (Phi) is 4.42. The van der Waals surface area contributed by atoms with E-state index >= 15 is 0 Å². The Balaban J connectivity index is 2.12. The van der Waals surface area contributed by atoms with Gasteiger partial charge in [0.2, 0.25) is 5.91 Å².